The Balaban J connectivity index is 1.32. The Morgan fingerprint density at radius 3 is 2.54 bits per heavy atom. The zero-order valence-electron chi connectivity index (χ0n) is 19.4. The van der Waals surface area contributed by atoms with Crippen molar-refractivity contribution in [3.63, 3.8) is 0 Å². The van der Waals surface area contributed by atoms with Crippen LogP contribution >= 0.6 is 11.6 Å². The molecule has 0 aliphatic heterocycles. The molecule has 0 fully saturated rings. The largest absolute Gasteiger partial charge is 0.459 e. The summed E-state index contributed by atoms with van der Waals surface area (Å²) in [6.07, 6.45) is 4.74. The van der Waals surface area contributed by atoms with Crippen molar-refractivity contribution in [3.05, 3.63) is 112 Å². The maximum atomic E-state index is 12.4. The number of carbonyl (C=O) groups is 2. The second-order valence-electron chi connectivity index (χ2n) is 8.01. The number of nitrogens with zero attached hydrogens (tertiary/aromatic N) is 2. The Morgan fingerprint density at radius 2 is 1.83 bits per heavy atom. The van der Waals surface area contributed by atoms with E-state index in [1.807, 2.05) is 54.9 Å². The summed E-state index contributed by atoms with van der Waals surface area (Å²) in [5, 5.41) is 10.9. The summed E-state index contributed by atoms with van der Waals surface area (Å²) in [6.45, 7) is 4.81. The number of benzene rings is 2. The number of hydrogen-bond acceptors (Lipinski definition) is 4. The number of carbonyl (C=O) groups excluding carboxylic acids is 2. The van der Waals surface area contributed by atoms with E-state index >= 15 is 0 Å². The maximum Gasteiger partial charge on any atom is 0.291 e. The second kappa shape index (κ2) is 10.9. The van der Waals surface area contributed by atoms with Crippen LogP contribution in [0, 0.1) is 13.8 Å². The predicted octanol–water partition coefficient (Wildman–Crippen LogP) is 5.38. The molecule has 2 amide bonds. The number of rotatable bonds is 8. The van der Waals surface area contributed by atoms with E-state index in [4.69, 9.17) is 16.0 Å². The Bertz CT molecular complexity index is 1360. The molecule has 0 unspecified atom stereocenters. The third-order valence-electron chi connectivity index (χ3n) is 5.54. The van der Waals surface area contributed by atoms with Gasteiger partial charge in [-0.05, 0) is 61.4 Å². The van der Waals surface area contributed by atoms with Gasteiger partial charge < -0.3 is 15.1 Å². The summed E-state index contributed by atoms with van der Waals surface area (Å²) in [6, 6.07) is 18.2. The molecule has 0 saturated carbocycles. The number of amides is 2. The highest BCUT2D eigenvalue weighted by atomic mass is 35.5. The van der Waals surface area contributed by atoms with Gasteiger partial charge in [-0.2, -0.15) is 5.10 Å². The van der Waals surface area contributed by atoms with Crippen LogP contribution in [0.4, 0.5) is 5.69 Å². The molecular formula is C27H25ClN4O3. The Morgan fingerprint density at radius 1 is 1.06 bits per heavy atom. The van der Waals surface area contributed by atoms with Crippen LogP contribution in [0.5, 0.6) is 0 Å². The van der Waals surface area contributed by atoms with Gasteiger partial charge in [0.25, 0.3) is 5.91 Å². The molecule has 0 atom stereocenters. The molecule has 0 aliphatic carbocycles. The van der Waals surface area contributed by atoms with Crippen LogP contribution in [0.25, 0.3) is 6.08 Å². The number of hydrogen-bond donors (Lipinski definition) is 2. The van der Waals surface area contributed by atoms with Gasteiger partial charge in [0.2, 0.25) is 5.91 Å². The van der Waals surface area contributed by atoms with Gasteiger partial charge in [0.15, 0.2) is 5.76 Å². The Kier molecular flexibility index (Phi) is 7.48. The fraction of sp³-hybridized carbons (Fsp3) is 0.148. The van der Waals surface area contributed by atoms with E-state index in [0.29, 0.717) is 23.8 Å². The molecule has 8 heteroatoms. The van der Waals surface area contributed by atoms with E-state index in [2.05, 4.69) is 15.7 Å². The van der Waals surface area contributed by atoms with E-state index < -0.39 is 0 Å². The molecule has 35 heavy (non-hydrogen) atoms. The average Bonchev–Trinajstić information content (AvgIpc) is 3.48. The third kappa shape index (κ3) is 6.07. The van der Waals surface area contributed by atoms with Crippen LogP contribution in [0.15, 0.2) is 77.4 Å². The SMILES string of the molecule is Cc1nn(Cc2ccccc2Cl)c(C)c1/C=C/C(=O)NCc1ccc(NC(=O)c2ccco2)cc1. The molecule has 4 aromatic rings. The minimum absolute atomic E-state index is 0.210. The van der Waals surface area contributed by atoms with Gasteiger partial charge in [0, 0.05) is 34.6 Å². The second-order valence-corrected chi connectivity index (χ2v) is 8.42. The number of aromatic nitrogens is 2. The van der Waals surface area contributed by atoms with Gasteiger partial charge >= 0.3 is 0 Å². The van der Waals surface area contributed by atoms with Crippen LogP contribution in [-0.4, -0.2) is 21.6 Å². The van der Waals surface area contributed by atoms with Crippen molar-refractivity contribution in [3.8, 4) is 0 Å². The van der Waals surface area contributed by atoms with Crippen LogP contribution < -0.4 is 10.6 Å². The standard InChI is InChI=1S/C27H25ClN4O3/c1-18-23(19(2)32(31-18)17-21-6-3-4-7-24(21)28)13-14-26(33)29-16-20-9-11-22(12-10-20)30-27(34)25-8-5-15-35-25/h3-15H,16-17H2,1-2H3,(H,29,33)(H,30,34)/b14-13+. The minimum Gasteiger partial charge on any atom is -0.459 e. The molecule has 2 heterocycles. The van der Waals surface area contributed by atoms with Crippen LogP contribution in [-0.2, 0) is 17.9 Å². The molecule has 7 nitrogen and oxygen atoms in total. The van der Waals surface area contributed by atoms with E-state index in [9.17, 15) is 9.59 Å². The fourth-order valence-electron chi connectivity index (χ4n) is 3.61. The normalized spacial score (nSPS) is 11.1. The summed E-state index contributed by atoms with van der Waals surface area (Å²) in [5.41, 5.74) is 5.23. The zero-order valence-corrected chi connectivity index (χ0v) is 20.2. The maximum absolute atomic E-state index is 12.4. The minimum atomic E-state index is -0.318. The summed E-state index contributed by atoms with van der Waals surface area (Å²) in [7, 11) is 0. The van der Waals surface area contributed by atoms with Gasteiger partial charge in [-0.3, -0.25) is 14.3 Å². The molecule has 0 bridgehead atoms. The highest BCUT2D eigenvalue weighted by Crippen LogP contribution is 2.20. The van der Waals surface area contributed by atoms with Crippen molar-refractivity contribution in [1.29, 1.82) is 0 Å². The lowest BCUT2D eigenvalue weighted by atomic mass is 10.1. The van der Waals surface area contributed by atoms with Gasteiger partial charge in [-0.25, -0.2) is 0 Å². The fourth-order valence-corrected chi connectivity index (χ4v) is 3.80. The lowest BCUT2D eigenvalue weighted by Gasteiger charge is -2.07. The lowest BCUT2D eigenvalue weighted by Crippen LogP contribution is -2.20. The van der Waals surface area contributed by atoms with E-state index in [-0.39, 0.29) is 17.6 Å². The molecular weight excluding hydrogens is 464 g/mol. The highest BCUT2D eigenvalue weighted by Gasteiger charge is 2.11. The molecule has 0 aliphatic rings. The Hall–Kier alpha value is -4.10. The van der Waals surface area contributed by atoms with Crippen LogP contribution in [0.3, 0.4) is 0 Å². The van der Waals surface area contributed by atoms with Gasteiger partial charge in [0.05, 0.1) is 18.5 Å². The quantitative estimate of drug-likeness (QED) is 0.326. The molecule has 2 aromatic heterocycles. The van der Waals surface area contributed by atoms with Crippen molar-refractivity contribution < 1.29 is 14.0 Å². The number of halogens is 1. The van der Waals surface area contributed by atoms with Crippen molar-refractivity contribution in [2.45, 2.75) is 26.9 Å². The molecule has 0 radical (unpaired) electrons. The topological polar surface area (TPSA) is 89.2 Å². The van der Waals surface area contributed by atoms with Gasteiger partial charge in [-0.15, -0.1) is 0 Å². The van der Waals surface area contributed by atoms with E-state index in [1.165, 1.54) is 12.3 Å². The summed E-state index contributed by atoms with van der Waals surface area (Å²) in [4.78, 5) is 24.4. The first kappa shape index (κ1) is 24.0. The number of anilines is 1. The van der Waals surface area contributed by atoms with Crippen LogP contribution in [0.1, 0.15) is 38.6 Å². The van der Waals surface area contributed by atoms with Crippen molar-refractivity contribution >= 4 is 35.2 Å². The highest BCUT2D eigenvalue weighted by molar-refractivity contribution is 6.31. The van der Waals surface area contributed by atoms with Crippen molar-refractivity contribution in [2.75, 3.05) is 5.32 Å². The number of aryl methyl sites for hydroxylation is 1. The molecule has 178 valence electrons. The summed E-state index contributed by atoms with van der Waals surface area (Å²) in [5.74, 6) is -0.284. The van der Waals surface area contributed by atoms with Gasteiger partial charge in [0.1, 0.15) is 0 Å². The van der Waals surface area contributed by atoms with Gasteiger partial charge in [-0.1, -0.05) is 41.9 Å². The van der Waals surface area contributed by atoms with Crippen LogP contribution in [0.2, 0.25) is 5.02 Å². The summed E-state index contributed by atoms with van der Waals surface area (Å²) < 4.78 is 6.97. The molecule has 2 aromatic carbocycles. The monoisotopic (exact) mass is 488 g/mol. The first-order valence-electron chi connectivity index (χ1n) is 11.1. The molecule has 4 rings (SSSR count). The molecule has 2 N–H and O–H groups in total. The summed E-state index contributed by atoms with van der Waals surface area (Å²) >= 11 is 6.28. The lowest BCUT2D eigenvalue weighted by molar-refractivity contribution is -0.116. The predicted molar refractivity (Wildman–Crippen MR) is 136 cm³/mol. The third-order valence-corrected chi connectivity index (χ3v) is 5.91. The molecule has 0 spiro atoms. The molecule has 0 saturated heterocycles. The smallest absolute Gasteiger partial charge is 0.291 e. The first-order chi connectivity index (χ1) is 16.9. The Labute approximate surface area is 208 Å². The van der Waals surface area contributed by atoms with Crippen molar-refractivity contribution in [1.82, 2.24) is 15.1 Å². The van der Waals surface area contributed by atoms with E-state index in [0.717, 1.165) is 28.1 Å². The average molecular weight is 489 g/mol. The first-order valence-corrected chi connectivity index (χ1v) is 11.5. The zero-order chi connectivity index (χ0) is 24.8. The van der Waals surface area contributed by atoms with Crippen molar-refractivity contribution in [2.24, 2.45) is 0 Å². The number of furan rings is 1. The number of nitrogens with one attached hydrogen (secondary N) is 2. The van der Waals surface area contributed by atoms with E-state index in [1.54, 1.807) is 30.3 Å².